The van der Waals surface area contributed by atoms with E-state index < -0.39 is 11.9 Å². The predicted molar refractivity (Wildman–Crippen MR) is 135 cm³/mol. The van der Waals surface area contributed by atoms with Gasteiger partial charge in [0.15, 0.2) is 0 Å². The number of rotatable bonds is 6. The summed E-state index contributed by atoms with van der Waals surface area (Å²) in [5, 5.41) is 0.336. The van der Waals surface area contributed by atoms with Gasteiger partial charge in [0.05, 0.1) is 11.7 Å². The highest BCUT2D eigenvalue weighted by molar-refractivity contribution is 7.20. The summed E-state index contributed by atoms with van der Waals surface area (Å²) in [6.45, 7) is 8.40. The van der Waals surface area contributed by atoms with Crippen LogP contribution in [0.5, 0.6) is 0 Å². The van der Waals surface area contributed by atoms with Crippen molar-refractivity contribution in [1.82, 2.24) is 9.55 Å². The third kappa shape index (κ3) is 5.81. The summed E-state index contributed by atoms with van der Waals surface area (Å²) in [5.41, 5.74) is 1.29. The molecule has 1 fully saturated rings. The lowest BCUT2D eigenvalue weighted by atomic mass is 9.72. The van der Waals surface area contributed by atoms with Crippen molar-refractivity contribution in [3.8, 4) is 0 Å². The Morgan fingerprint density at radius 3 is 2.46 bits per heavy atom. The van der Waals surface area contributed by atoms with Gasteiger partial charge in [0.2, 0.25) is 0 Å². The second-order valence-electron chi connectivity index (χ2n) is 10.3. The first-order valence-electron chi connectivity index (χ1n) is 12.0. The molecule has 0 unspecified atom stereocenters. The third-order valence-corrected chi connectivity index (χ3v) is 7.99. The number of hydrogen-bond acceptors (Lipinski definition) is 7. The molecule has 4 rings (SSSR count). The van der Waals surface area contributed by atoms with Gasteiger partial charge in [-0.1, -0.05) is 51.1 Å². The van der Waals surface area contributed by atoms with Crippen LogP contribution in [0.3, 0.4) is 0 Å². The van der Waals surface area contributed by atoms with Gasteiger partial charge in [0.1, 0.15) is 29.0 Å². The highest BCUT2D eigenvalue weighted by atomic mass is 32.1. The molecule has 35 heavy (non-hydrogen) atoms. The monoisotopic (exact) mass is 496 g/mol. The zero-order valence-corrected chi connectivity index (χ0v) is 21.5. The van der Waals surface area contributed by atoms with Crippen molar-refractivity contribution in [2.75, 3.05) is 0 Å². The molecule has 8 heteroatoms. The van der Waals surface area contributed by atoms with Crippen molar-refractivity contribution in [1.29, 1.82) is 0 Å². The van der Waals surface area contributed by atoms with Crippen molar-refractivity contribution in [3.63, 3.8) is 0 Å². The minimum atomic E-state index is -0.495. The van der Waals surface area contributed by atoms with Crippen molar-refractivity contribution in [2.24, 2.45) is 11.3 Å². The Hall–Kier alpha value is -3.00. The molecule has 0 N–H and O–H groups in total. The van der Waals surface area contributed by atoms with Crippen molar-refractivity contribution in [3.05, 3.63) is 63.0 Å². The van der Waals surface area contributed by atoms with Gasteiger partial charge in [0, 0.05) is 0 Å². The molecule has 1 saturated carbocycles. The lowest BCUT2D eigenvalue weighted by Gasteiger charge is -2.36. The number of aromatic nitrogens is 2. The van der Waals surface area contributed by atoms with Gasteiger partial charge in [0.25, 0.3) is 5.56 Å². The van der Waals surface area contributed by atoms with Crippen LogP contribution in [0.15, 0.2) is 41.5 Å². The Labute approximate surface area is 209 Å². The molecule has 0 atom stereocenters. The van der Waals surface area contributed by atoms with Gasteiger partial charge < -0.3 is 9.47 Å². The molecule has 1 aliphatic rings. The fourth-order valence-corrected chi connectivity index (χ4v) is 5.70. The number of aryl methyl sites for hydroxylation is 1. The quantitative estimate of drug-likeness (QED) is 0.432. The first-order valence-corrected chi connectivity index (χ1v) is 12.8. The molecule has 0 amide bonds. The largest absolute Gasteiger partial charge is 0.461 e. The Bertz CT molecular complexity index is 1260. The van der Waals surface area contributed by atoms with E-state index in [0.29, 0.717) is 26.6 Å². The molecule has 3 aromatic rings. The summed E-state index contributed by atoms with van der Waals surface area (Å²) in [6.07, 6.45) is 4.99. The smallest absolute Gasteiger partial charge is 0.349 e. The number of fused-ring (bicyclic) bond motifs is 1. The van der Waals surface area contributed by atoms with Gasteiger partial charge in [-0.15, -0.1) is 11.3 Å². The average molecular weight is 497 g/mol. The number of hydrogen-bond donors (Lipinski definition) is 0. The number of ether oxygens (including phenoxy) is 2. The fourth-order valence-electron chi connectivity index (χ4n) is 4.66. The van der Waals surface area contributed by atoms with Gasteiger partial charge >= 0.3 is 11.9 Å². The van der Waals surface area contributed by atoms with E-state index in [0.717, 1.165) is 42.6 Å². The topological polar surface area (TPSA) is 87.5 Å². The molecule has 0 bridgehead atoms. The first-order chi connectivity index (χ1) is 16.6. The fraction of sp³-hybridized carbons (Fsp3) is 0.481. The molecule has 0 saturated heterocycles. The molecule has 2 heterocycles. The number of nitrogens with zero attached hydrogens (tertiary/aromatic N) is 2. The molecular weight excluding hydrogens is 464 g/mol. The maximum absolute atomic E-state index is 13.1. The van der Waals surface area contributed by atoms with Crippen LogP contribution in [0.2, 0.25) is 0 Å². The van der Waals surface area contributed by atoms with Crippen LogP contribution in [0.1, 0.15) is 67.3 Å². The zero-order valence-electron chi connectivity index (χ0n) is 20.7. The summed E-state index contributed by atoms with van der Waals surface area (Å²) >= 11 is 1.12. The van der Waals surface area contributed by atoms with E-state index in [9.17, 15) is 14.4 Å². The van der Waals surface area contributed by atoms with Gasteiger partial charge in [-0.3, -0.25) is 14.2 Å². The van der Waals surface area contributed by atoms with E-state index in [1.165, 1.54) is 10.9 Å². The summed E-state index contributed by atoms with van der Waals surface area (Å²) < 4.78 is 12.4. The van der Waals surface area contributed by atoms with Crippen LogP contribution >= 0.6 is 11.3 Å². The van der Waals surface area contributed by atoms with Crippen molar-refractivity contribution < 1.29 is 19.1 Å². The van der Waals surface area contributed by atoms with E-state index in [1.54, 1.807) is 6.92 Å². The molecule has 1 aromatic carbocycles. The van der Waals surface area contributed by atoms with E-state index in [-0.39, 0.29) is 30.2 Å². The normalized spacial score (nSPS) is 18.4. The molecule has 2 aromatic heterocycles. The number of thiophene rings is 1. The van der Waals surface area contributed by atoms with E-state index in [2.05, 4.69) is 25.8 Å². The van der Waals surface area contributed by atoms with Crippen LogP contribution in [-0.2, 0) is 27.4 Å². The Balaban J connectivity index is 1.42. The molecule has 0 spiro atoms. The predicted octanol–water partition coefficient (Wildman–Crippen LogP) is 5.27. The summed E-state index contributed by atoms with van der Waals surface area (Å²) in [4.78, 5) is 43.5. The minimum absolute atomic E-state index is 0.109. The van der Waals surface area contributed by atoms with Crippen molar-refractivity contribution >= 4 is 33.5 Å². The van der Waals surface area contributed by atoms with Crippen LogP contribution in [0.4, 0.5) is 0 Å². The number of carbonyl (C=O) groups excluding carboxylic acids is 2. The van der Waals surface area contributed by atoms with Crippen molar-refractivity contribution in [2.45, 2.75) is 72.6 Å². The second kappa shape index (κ2) is 10.3. The Morgan fingerprint density at radius 2 is 1.80 bits per heavy atom. The van der Waals surface area contributed by atoms with Gasteiger partial charge in [-0.25, -0.2) is 9.78 Å². The van der Waals surface area contributed by atoms with Crippen LogP contribution < -0.4 is 5.56 Å². The average Bonchev–Trinajstić information content (AvgIpc) is 3.17. The van der Waals surface area contributed by atoms with Crippen LogP contribution in [0.25, 0.3) is 10.2 Å². The number of carbonyl (C=O) groups is 2. The van der Waals surface area contributed by atoms with Crippen LogP contribution in [-0.4, -0.2) is 27.6 Å². The molecule has 186 valence electrons. The highest BCUT2D eigenvalue weighted by Gasteiger charge is 2.31. The Kier molecular flexibility index (Phi) is 7.40. The SMILES string of the molecule is Cc1c(C(=O)OCc2ccccc2)sc2ncn(CC(=O)OC3CCC(C(C)(C)C)CC3)c(=O)c12. The molecule has 0 aliphatic heterocycles. The maximum Gasteiger partial charge on any atom is 0.349 e. The number of benzene rings is 1. The highest BCUT2D eigenvalue weighted by Crippen LogP contribution is 2.38. The summed E-state index contributed by atoms with van der Waals surface area (Å²) in [5.74, 6) is -0.310. The van der Waals surface area contributed by atoms with Gasteiger partial charge in [-0.05, 0) is 55.1 Å². The van der Waals surface area contributed by atoms with Gasteiger partial charge in [-0.2, -0.15) is 0 Å². The second-order valence-corrected chi connectivity index (χ2v) is 11.3. The molecule has 0 radical (unpaired) electrons. The molecule has 7 nitrogen and oxygen atoms in total. The van der Waals surface area contributed by atoms with E-state index in [1.807, 2.05) is 30.3 Å². The minimum Gasteiger partial charge on any atom is -0.461 e. The Morgan fingerprint density at radius 1 is 1.11 bits per heavy atom. The third-order valence-electron chi connectivity index (χ3n) is 6.81. The maximum atomic E-state index is 13.1. The standard InChI is InChI=1S/C27H32N2O5S/c1-17-22-24(35-23(17)26(32)33-15-18-8-6-5-7-9-18)28-16-29(25(22)31)14-21(30)34-20-12-10-19(11-13-20)27(2,3)4/h5-9,16,19-20H,10-15H2,1-4H3. The molecule has 1 aliphatic carbocycles. The van der Waals surface area contributed by atoms with E-state index >= 15 is 0 Å². The van der Waals surface area contributed by atoms with Crippen LogP contribution in [0, 0.1) is 18.3 Å². The summed E-state index contributed by atoms with van der Waals surface area (Å²) in [6, 6.07) is 9.40. The molecular formula is C27H32N2O5S. The lowest BCUT2D eigenvalue weighted by molar-refractivity contribution is -0.152. The van der Waals surface area contributed by atoms with E-state index in [4.69, 9.17) is 9.47 Å². The zero-order chi connectivity index (χ0) is 25.2. The first kappa shape index (κ1) is 25.1. The number of esters is 2. The lowest BCUT2D eigenvalue weighted by Crippen LogP contribution is -2.32. The summed E-state index contributed by atoms with van der Waals surface area (Å²) in [7, 11) is 0.